The van der Waals surface area contributed by atoms with E-state index in [1.807, 2.05) is 0 Å². The van der Waals surface area contributed by atoms with E-state index in [0.29, 0.717) is 0 Å². The lowest BCUT2D eigenvalue weighted by atomic mass is 9.89. The fraction of sp³-hybridized carbons (Fsp3) is 0. The Morgan fingerprint density at radius 2 is 0.316 bits per heavy atom. The quantitative estimate of drug-likeness (QED) is 0.130. The van der Waals surface area contributed by atoms with Crippen molar-refractivity contribution in [2.45, 2.75) is 0 Å². The van der Waals surface area contributed by atoms with E-state index in [9.17, 15) is 70.2 Å². The third kappa shape index (κ3) is 3.34. The first kappa shape index (κ1) is 27.1. The van der Waals surface area contributed by atoms with Gasteiger partial charge in [-0.2, -0.15) is 0 Å². The summed E-state index contributed by atoms with van der Waals surface area (Å²) < 4.78 is 227. The summed E-state index contributed by atoms with van der Waals surface area (Å²) in [5, 5.41) is -4.86. The predicted molar refractivity (Wildman–Crippen MR) is 94.1 cm³/mol. The van der Waals surface area contributed by atoms with E-state index < -0.39 is 126 Å². The Kier molecular flexibility index (Phi) is 6.27. The second-order valence-corrected chi connectivity index (χ2v) is 7.27. The second kappa shape index (κ2) is 8.80. The zero-order valence-electron chi connectivity index (χ0n) is 17.0. The molecular formula is C22F16. The van der Waals surface area contributed by atoms with Crippen LogP contribution >= 0.6 is 0 Å². The molecule has 0 fully saturated rings. The van der Waals surface area contributed by atoms with E-state index in [2.05, 4.69) is 0 Å². The summed E-state index contributed by atoms with van der Waals surface area (Å²) in [5.74, 6) is -47.4. The average Bonchev–Trinajstić information content (AvgIpc) is 2.89. The minimum absolute atomic E-state index is 2.43. The molecule has 0 aromatic heterocycles. The summed E-state index contributed by atoms with van der Waals surface area (Å²) in [5.41, 5.74) is -10.2. The standard InChI is InChI=1S/C22F16/c23-7-1-2(4(10(26)15(7)31)6-13(29)19(35)22(38)20(36)14(6)30)8(24)16(32)9(25)3(1)5-11(27)17(33)21(37)18(34)12(5)28. The topological polar surface area (TPSA) is 0 Å². The van der Waals surface area contributed by atoms with Crippen LogP contribution in [0.2, 0.25) is 0 Å². The predicted octanol–water partition coefficient (Wildman–Crippen LogP) is 8.40. The molecule has 0 bridgehead atoms. The molecule has 0 spiro atoms. The maximum Gasteiger partial charge on any atom is 0.200 e. The monoisotopic (exact) mass is 568 g/mol. The molecule has 0 N–H and O–H groups in total. The van der Waals surface area contributed by atoms with Gasteiger partial charge in [-0.25, -0.2) is 70.2 Å². The first-order valence-electron chi connectivity index (χ1n) is 9.27. The maximum atomic E-state index is 14.8. The van der Waals surface area contributed by atoms with Gasteiger partial charge >= 0.3 is 0 Å². The molecule has 0 heterocycles. The fourth-order valence-electron chi connectivity index (χ4n) is 3.66. The molecule has 16 heteroatoms. The molecule has 0 nitrogen and oxygen atoms in total. The van der Waals surface area contributed by atoms with E-state index in [-0.39, 0.29) is 0 Å². The van der Waals surface area contributed by atoms with Crippen LogP contribution in [-0.2, 0) is 0 Å². The van der Waals surface area contributed by atoms with Crippen LogP contribution in [0.5, 0.6) is 0 Å². The van der Waals surface area contributed by atoms with Crippen molar-refractivity contribution in [1.82, 2.24) is 0 Å². The van der Waals surface area contributed by atoms with Crippen LogP contribution in [0.1, 0.15) is 0 Å². The van der Waals surface area contributed by atoms with Crippen LogP contribution in [0, 0.1) is 93.1 Å². The highest BCUT2D eigenvalue weighted by Gasteiger charge is 2.38. The number of hydrogen-bond acceptors (Lipinski definition) is 0. The first-order chi connectivity index (χ1) is 17.6. The summed E-state index contributed by atoms with van der Waals surface area (Å²) in [6, 6.07) is 0. The SMILES string of the molecule is Fc1c(F)c(F)c(-c2c(F)c(F)c(F)c3c(-c4c(F)c(F)c(F)c(F)c4F)c(F)c(F)c(F)c23)c(F)c1F. The molecule has 0 saturated carbocycles. The van der Waals surface area contributed by atoms with Crippen molar-refractivity contribution in [2.75, 3.05) is 0 Å². The molecule has 4 aromatic rings. The van der Waals surface area contributed by atoms with Gasteiger partial charge in [-0.05, 0) is 0 Å². The molecule has 0 amide bonds. The summed E-state index contributed by atoms with van der Waals surface area (Å²) in [6.45, 7) is 0. The van der Waals surface area contributed by atoms with E-state index in [1.165, 1.54) is 0 Å². The Morgan fingerprint density at radius 3 is 0.553 bits per heavy atom. The van der Waals surface area contributed by atoms with Gasteiger partial charge in [0.25, 0.3) is 0 Å². The molecule has 4 aromatic carbocycles. The van der Waals surface area contributed by atoms with Crippen molar-refractivity contribution < 1.29 is 70.2 Å². The van der Waals surface area contributed by atoms with E-state index >= 15 is 0 Å². The van der Waals surface area contributed by atoms with Gasteiger partial charge in [-0.1, -0.05) is 0 Å². The molecule has 0 atom stereocenters. The number of fused-ring (bicyclic) bond motifs is 1. The third-order valence-corrected chi connectivity index (χ3v) is 5.32. The van der Waals surface area contributed by atoms with Gasteiger partial charge in [0.15, 0.2) is 81.4 Å². The Labute approximate surface area is 197 Å². The van der Waals surface area contributed by atoms with Crippen molar-refractivity contribution in [3.8, 4) is 22.3 Å². The highest BCUT2D eigenvalue weighted by Crippen LogP contribution is 2.47. The maximum absolute atomic E-state index is 14.8. The van der Waals surface area contributed by atoms with Crippen molar-refractivity contribution in [1.29, 1.82) is 0 Å². The number of rotatable bonds is 2. The highest BCUT2D eigenvalue weighted by atomic mass is 19.2. The normalized spacial score (nSPS) is 11.7. The first-order valence-corrected chi connectivity index (χ1v) is 9.27. The minimum Gasteiger partial charge on any atom is -0.203 e. The fourth-order valence-corrected chi connectivity index (χ4v) is 3.66. The van der Waals surface area contributed by atoms with Gasteiger partial charge in [0, 0.05) is 21.9 Å². The second-order valence-electron chi connectivity index (χ2n) is 7.27. The summed E-state index contributed by atoms with van der Waals surface area (Å²) in [4.78, 5) is 0. The van der Waals surface area contributed by atoms with Gasteiger partial charge in [0.1, 0.15) is 0 Å². The molecule has 0 aliphatic heterocycles. The highest BCUT2D eigenvalue weighted by molar-refractivity contribution is 6.06. The van der Waals surface area contributed by atoms with Crippen molar-refractivity contribution in [3.05, 3.63) is 93.1 Å². The summed E-state index contributed by atoms with van der Waals surface area (Å²) in [6.07, 6.45) is 0. The van der Waals surface area contributed by atoms with E-state index in [4.69, 9.17) is 0 Å². The molecule has 0 aliphatic rings. The van der Waals surface area contributed by atoms with Crippen molar-refractivity contribution >= 4 is 10.8 Å². The lowest BCUT2D eigenvalue weighted by Crippen LogP contribution is -2.11. The molecule has 4 rings (SSSR count). The number of benzene rings is 4. The minimum atomic E-state index is -3.05. The lowest BCUT2D eigenvalue weighted by Gasteiger charge is -2.18. The van der Waals surface area contributed by atoms with Crippen LogP contribution in [0.4, 0.5) is 70.2 Å². The molecule has 200 valence electrons. The van der Waals surface area contributed by atoms with Crippen LogP contribution < -0.4 is 0 Å². The Hall–Kier alpha value is -3.98. The number of halogens is 16. The molecule has 0 saturated heterocycles. The van der Waals surface area contributed by atoms with E-state index in [1.54, 1.807) is 0 Å². The van der Waals surface area contributed by atoms with E-state index in [0.717, 1.165) is 0 Å². The lowest BCUT2D eigenvalue weighted by molar-refractivity contribution is 0.380. The Bertz CT molecular complexity index is 1540. The van der Waals surface area contributed by atoms with Gasteiger partial charge < -0.3 is 0 Å². The Balaban J connectivity index is 2.42. The Morgan fingerprint density at radius 1 is 0.158 bits per heavy atom. The van der Waals surface area contributed by atoms with Gasteiger partial charge in [0.05, 0.1) is 11.1 Å². The molecular weight excluding hydrogens is 568 g/mol. The third-order valence-electron chi connectivity index (χ3n) is 5.32. The van der Waals surface area contributed by atoms with Crippen molar-refractivity contribution in [3.63, 3.8) is 0 Å². The zero-order chi connectivity index (χ0) is 28.7. The molecule has 0 aliphatic carbocycles. The van der Waals surface area contributed by atoms with Gasteiger partial charge in [-0.3, -0.25) is 0 Å². The average molecular weight is 568 g/mol. The van der Waals surface area contributed by atoms with Gasteiger partial charge in [-0.15, -0.1) is 0 Å². The molecule has 0 unspecified atom stereocenters. The van der Waals surface area contributed by atoms with Crippen LogP contribution in [0.15, 0.2) is 0 Å². The molecule has 38 heavy (non-hydrogen) atoms. The van der Waals surface area contributed by atoms with Crippen LogP contribution in [0.3, 0.4) is 0 Å². The number of hydrogen-bond donors (Lipinski definition) is 0. The van der Waals surface area contributed by atoms with Crippen molar-refractivity contribution in [2.24, 2.45) is 0 Å². The summed E-state index contributed by atoms with van der Waals surface area (Å²) >= 11 is 0. The zero-order valence-corrected chi connectivity index (χ0v) is 17.0. The largest absolute Gasteiger partial charge is 0.203 e. The van der Waals surface area contributed by atoms with Gasteiger partial charge in [0.2, 0.25) is 11.6 Å². The smallest absolute Gasteiger partial charge is 0.200 e. The van der Waals surface area contributed by atoms with Crippen LogP contribution in [-0.4, -0.2) is 0 Å². The summed E-state index contributed by atoms with van der Waals surface area (Å²) in [7, 11) is 0. The molecule has 0 radical (unpaired) electrons. The van der Waals surface area contributed by atoms with Crippen LogP contribution in [0.25, 0.3) is 33.0 Å².